The van der Waals surface area contributed by atoms with Gasteiger partial charge in [-0.05, 0) is 37.1 Å². The van der Waals surface area contributed by atoms with E-state index in [2.05, 4.69) is 4.98 Å². The lowest BCUT2D eigenvalue weighted by Gasteiger charge is -2.11. The van der Waals surface area contributed by atoms with Crippen LogP contribution in [0.15, 0.2) is 17.3 Å². The number of nitrogens with zero attached hydrogens (tertiary/aromatic N) is 2. The summed E-state index contributed by atoms with van der Waals surface area (Å²) in [7, 11) is 1.66. The number of fused-ring (bicyclic) bond motifs is 1. The SMILES string of the molecule is COc1cc(C)c(-c2nc3n(c2C=O)CCS3)c(C)c1. The number of carbonyl (C=O) groups is 1. The Kier molecular flexibility index (Phi) is 3.30. The van der Waals surface area contributed by atoms with Crippen LogP contribution in [-0.4, -0.2) is 28.7 Å². The lowest BCUT2D eigenvalue weighted by Crippen LogP contribution is -2.01. The van der Waals surface area contributed by atoms with Gasteiger partial charge >= 0.3 is 0 Å². The highest BCUT2D eigenvalue weighted by Gasteiger charge is 2.24. The van der Waals surface area contributed by atoms with Crippen LogP contribution in [0.3, 0.4) is 0 Å². The molecule has 0 fully saturated rings. The normalized spacial score (nSPS) is 13.3. The van der Waals surface area contributed by atoms with Gasteiger partial charge in [0.05, 0.1) is 7.11 Å². The lowest BCUT2D eigenvalue weighted by molar-refractivity contribution is 0.111. The molecule has 0 atom stereocenters. The fourth-order valence-electron chi connectivity index (χ4n) is 2.72. The minimum absolute atomic E-state index is 0.682. The first-order valence-electron chi connectivity index (χ1n) is 6.49. The predicted molar refractivity (Wildman–Crippen MR) is 79.8 cm³/mol. The number of imidazole rings is 1. The fourth-order valence-corrected chi connectivity index (χ4v) is 3.67. The van der Waals surface area contributed by atoms with Gasteiger partial charge in [0.15, 0.2) is 11.4 Å². The minimum atomic E-state index is 0.682. The molecule has 2 aromatic rings. The molecule has 20 heavy (non-hydrogen) atoms. The first kappa shape index (κ1) is 13.2. The third-order valence-electron chi connectivity index (χ3n) is 3.61. The van der Waals surface area contributed by atoms with E-state index in [4.69, 9.17) is 4.74 Å². The van der Waals surface area contributed by atoms with Crippen molar-refractivity contribution in [3.63, 3.8) is 0 Å². The Hall–Kier alpha value is -1.75. The summed E-state index contributed by atoms with van der Waals surface area (Å²) >= 11 is 1.70. The first-order chi connectivity index (χ1) is 9.65. The molecule has 0 saturated heterocycles. The van der Waals surface area contributed by atoms with Crippen molar-refractivity contribution in [3.05, 3.63) is 29.0 Å². The Bertz CT molecular complexity index is 668. The molecule has 5 heteroatoms. The zero-order chi connectivity index (χ0) is 14.3. The van der Waals surface area contributed by atoms with E-state index < -0.39 is 0 Å². The van der Waals surface area contributed by atoms with E-state index in [0.29, 0.717) is 5.69 Å². The van der Waals surface area contributed by atoms with Gasteiger partial charge in [0, 0.05) is 17.9 Å². The summed E-state index contributed by atoms with van der Waals surface area (Å²) < 4.78 is 7.30. The highest BCUT2D eigenvalue weighted by Crippen LogP contribution is 2.36. The first-order valence-corrected chi connectivity index (χ1v) is 7.48. The molecule has 4 nitrogen and oxygen atoms in total. The number of ether oxygens (including phenoxy) is 1. The standard InChI is InChI=1S/C15H16N2O2S/c1-9-6-11(19-3)7-10(2)13(9)14-12(8-18)17-4-5-20-15(17)16-14/h6-8H,4-5H2,1-3H3. The smallest absolute Gasteiger partial charge is 0.169 e. The zero-order valence-electron chi connectivity index (χ0n) is 11.8. The van der Waals surface area contributed by atoms with E-state index in [9.17, 15) is 4.79 Å². The molecule has 0 saturated carbocycles. The second-order valence-electron chi connectivity index (χ2n) is 4.88. The highest BCUT2D eigenvalue weighted by atomic mass is 32.2. The molecule has 1 aromatic heterocycles. The van der Waals surface area contributed by atoms with Gasteiger partial charge in [0.2, 0.25) is 0 Å². The quantitative estimate of drug-likeness (QED) is 0.814. The molecule has 0 unspecified atom stereocenters. The Morgan fingerprint density at radius 3 is 2.65 bits per heavy atom. The van der Waals surface area contributed by atoms with Gasteiger partial charge in [-0.3, -0.25) is 4.79 Å². The third kappa shape index (κ3) is 1.93. The van der Waals surface area contributed by atoms with Crippen LogP contribution in [0.25, 0.3) is 11.3 Å². The van der Waals surface area contributed by atoms with Gasteiger partial charge in [-0.1, -0.05) is 11.8 Å². The molecule has 0 radical (unpaired) electrons. The molecule has 104 valence electrons. The van der Waals surface area contributed by atoms with E-state index in [-0.39, 0.29) is 0 Å². The average molecular weight is 288 g/mol. The molecule has 3 rings (SSSR count). The molecule has 0 amide bonds. The van der Waals surface area contributed by atoms with Crippen LogP contribution in [0.5, 0.6) is 5.75 Å². The summed E-state index contributed by atoms with van der Waals surface area (Å²) in [6.45, 7) is 4.91. The molecule has 0 spiro atoms. The second kappa shape index (κ2) is 4.98. The maximum absolute atomic E-state index is 11.5. The van der Waals surface area contributed by atoms with E-state index in [1.165, 1.54) is 0 Å². The van der Waals surface area contributed by atoms with Gasteiger partial charge in [0.25, 0.3) is 0 Å². The summed E-state index contributed by atoms with van der Waals surface area (Å²) in [6, 6.07) is 3.96. The number of thioether (sulfide) groups is 1. The monoisotopic (exact) mass is 288 g/mol. The number of hydrogen-bond donors (Lipinski definition) is 0. The van der Waals surface area contributed by atoms with Crippen molar-refractivity contribution in [2.45, 2.75) is 25.5 Å². The number of rotatable bonds is 3. The summed E-state index contributed by atoms with van der Waals surface area (Å²) in [4.78, 5) is 16.1. The summed E-state index contributed by atoms with van der Waals surface area (Å²) in [5, 5.41) is 0.941. The van der Waals surface area contributed by atoms with Crippen LogP contribution >= 0.6 is 11.8 Å². The van der Waals surface area contributed by atoms with Crippen molar-refractivity contribution in [1.82, 2.24) is 9.55 Å². The van der Waals surface area contributed by atoms with E-state index >= 15 is 0 Å². The Morgan fingerprint density at radius 2 is 2.05 bits per heavy atom. The summed E-state index contributed by atoms with van der Waals surface area (Å²) in [6.07, 6.45) is 0.917. The number of aryl methyl sites for hydroxylation is 2. The number of benzene rings is 1. The Balaban J connectivity index is 2.22. The van der Waals surface area contributed by atoms with Gasteiger partial charge in [-0.15, -0.1) is 0 Å². The number of methoxy groups -OCH3 is 1. The number of aromatic nitrogens is 2. The molecule has 2 heterocycles. The largest absolute Gasteiger partial charge is 0.497 e. The van der Waals surface area contributed by atoms with E-state index in [0.717, 1.165) is 51.9 Å². The topological polar surface area (TPSA) is 44.1 Å². The predicted octanol–water partition coefficient (Wildman–Crippen LogP) is 3.09. The third-order valence-corrected chi connectivity index (χ3v) is 4.56. The zero-order valence-corrected chi connectivity index (χ0v) is 12.6. The lowest BCUT2D eigenvalue weighted by atomic mass is 9.98. The molecular formula is C15H16N2O2S. The molecule has 0 N–H and O–H groups in total. The van der Waals surface area contributed by atoms with Crippen LogP contribution in [0.4, 0.5) is 0 Å². The van der Waals surface area contributed by atoms with Gasteiger partial charge < -0.3 is 9.30 Å². The van der Waals surface area contributed by atoms with Crippen LogP contribution in [0.1, 0.15) is 21.6 Å². The van der Waals surface area contributed by atoms with Crippen LogP contribution in [-0.2, 0) is 6.54 Å². The van der Waals surface area contributed by atoms with E-state index in [1.54, 1.807) is 18.9 Å². The number of aldehydes is 1. The molecule has 0 bridgehead atoms. The molecule has 1 aliphatic heterocycles. The van der Waals surface area contributed by atoms with Crippen LogP contribution < -0.4 is 4.74 Å². The maximum atomic E-state index is 11.5. The van der Waals surface area contributed by atoms with Gasteiger partial charge in [0.1, 0.15) is 17.1 Å². The van der Waals surface area contributed by atoms with E-state index in [1.807, 2.05) is 30.5 Å². The molecule has 1 aliphatic rings. The summed E-state index contributed by atoms with van der Waals surface area (Å²) in [5.74, 6) is 1.82. The highest BCUT2D eigenvalue weighted by molar-refractivity contribution is 7.99. The summed E-state index contributed by atoms with van der Waals surface area (Å²) in [5.41, 5.74) is 4.66. The van der Waals surface area contributed by atoms with Crippen molar-refractivity contribution in [2.75, 3.05) is 12.9 Å². The van der Waals surface area contributed by atoms with Crippen molar-refractivity contribution in [1.29, 1.82) is 0 Å². The van der Waals surface area contributed by atoms with Gasteiger partial charge in [-0.2, -0.15) is 0 Å². The molecule has 0 aliphatic carbocycles. The van der Waals surface area contributed by atoms with Crippen LogP contribution in [0, 0.1) is 13.8 Å². The maximum Gasteiger partial charge on any atom is 0.169 e. The number of carbonyl (C=O) groups excluding carboxylic acids is 1. The second-order valence-corrected chi connectivity index (χ2v) is 5.94. The number of hydrogen-bond acceptors (Lipinski definition) is 4. The van der Waals surface area contributed by atoms with Crippen molar-refractivity contribution < 1.29 is 9.53 Å². The van der Waals surface area contributed by atoms with Crippen molar-refractivity contribution >= 4 is 18.0 Å². The Morgan fingerprint density at radius 1 is 1.35 bits per heavy atom. The Labute approximate surface area is 122 Å². The minimum Gasteiger partial charge on any atom is -0.497 e. The average Bonchev–Trinajstić information content (AvgIpc) is 2.98. The van der Waals surface area contributed by atoms with Crippen LogP contribution in [0.2, 0.25) is 0 Å². The molecular weight excluding hydrogens is 272 g/mol. The van der Waals surface area contributed by atoms with Crippen molar-refractivity contribution in [3.8, 4) is 17.0 Å². The molecule has 1 aromatic carbocycles. The van der Waals surface area contributed by atoms with Crippen molar-refractivity contribution in [2.24, 2.45) is 0 Å². The fraction of sp³-hybridized carbons (Fsp3) is 0.333. The van der Waals surface area contributed by atoms with Gasteiger partial charge in [-0.25, -0.2) is 4.98 Å².